The first kappa shape index (κ1) is 29.4. The van der Waals surface area contributed by atoms with E-state index in [1.807, 2.05) is 19.9 Å². The minimum absolute atomic E-state index is 0.00807. The largest absolute Gasteiger partial charge is 0.469 e. The Morgan fingerprint density at radius 2 is 1.89 bits per heavy atom. The van der Waals surface area contributed by atoms with Gasteiger partial charge >= 0.3 is 5.97 Å². The minimum Gasteiger partial charge on any atom is -0.469 e. The molecule has 212 valence electrons. The second-order valence-corrected chi connectivity index (χ2v) is 14.5. The SMILES string of the molecule is COC(=O)C12CCC(NC(=O)CC3(c4ccc(CCC(C)(C)C)c(Cl)c4)COC(C)(C)C(C)C3CO)(C1)C2. The van der Waals surface area contributed by atoms with Gasteiger partial charge in [-0.15, -0.1) is 0 Å². The lowest BCUT2D eigenvalue weighted by molar-refractivity contribution is -0.170. The molecule has 0 spiro atoms. The van der Waals surface area contributed by atoms with E-state index >= 15 is 0 Å². The van der Waals surface area contributed by atoms with E-state index in [4.69, 9.17) is 21.1 Å². The molecule has 1 aliphatic heterocycles. The Morgan fingerprint density at radius 3 is 2.47 bits per heavy atom. The molecule has 38 heavy (non-hydrogen) atoms. The van der Waals surface area contributed by atoms with Crippen LogP contribution in [0.1, 0.15) is 91.2 Å². The van der Waals surface area contributed by atoms with Gasteiger partial charge in [0.1, 0.15) is 0 Å². The first-order valence-corrected chi connectivity index (χ1v) is 14.4. The Bertz CT molecular complexity index is 1070. The highest BCUT2D eigenvalue weighted by molar-refractivity contribution is 6.31. The molecule has 5 rings (SSSR count). The van der Waals surface area contributed by atoms with Crippen molar-refractivity contribution in [1.82, 2.24) is 5.32 Å². The Labute approximate surface area is 233 Å². The molecule has 1 aromatic rings. The zero-order chi connectivity index (χ0) is 28.1. The van der Waals surface area contributed by atoms with Crippen LogP contribution in [0, 0.1) is 22.7 Å². The number of methoxy groups -OCH3 is 1. The lowest BCUT2D eigenvalue weighted by atomic mass is 9.59. The quantitative estimate of drug-likeness (QED) is 0.414. The molecule has 7 heteroatoms. The summed E-state index contributed by atoms with van der Waals surface area (Å²) in [4.78, 5) is 26.0. The maximum atomic E-state index is 13.7. The van der Waals surface area contributed by atoms with Crippen LogP contribution in [0.3, 0.4) is 0 Å². The summed E-state index contributed by atoms with van der Waals surface area (Å²) in [5, 5.41) is 14.7. The summed E-state index contributed by atoms with van der Waals surface area (Å²) in [6, 6.07) is 6.14. The van der Waals surface area contributed by atoms with Crippen molar-refractivity contribution in [3.63, 3.8) is 0 Å². The van der Waals surface area contributed by atoms with Gasteiger partial charge in [-0.1, -0.05) is 51.4 Å². The number of halogens is 1. The standard InChI is InChI=1S/C31H46ClNO5/c1-20-23(16-34)31(19-38-28(20,5)6,22-9-8-21(24(32)14-22)10-11-27(2,3)4)15-25(35)33-30-13-12-29(17-30,18-30)26(36)37-7/h8-9,14,20,23,34H,10-13,15-19H2,1-7H3,(H,33,35). The van der Waals surface area contributed by atoms with Crippen molar-refractivity contribution < 1.29 is 24.2 Å². The maximum Gasteiger partial charge on any atom is 0.311 e. The zero-order valence-corrected chi connectivity index (χ0v) is 25.0. The van der Waals surface area contributed by atoms with Crippen molar-refractivity contribution in [2.24, 2.45) is 22.7 Å². The van der Waals surface area contributed by atoms with Crippen LogP contribution in [0.5, 0.6) is 0 Å². The van der Waals surface area contributed by atoms with E-state index in [2.05, 4.69) is 45.1 Å². The molecule has 6 nitrogen and oxygen atoms in total. The van der Waals surface area contributed by atoms with Crippen LogP contribution >= 0.6 is 11.6 Å². The lowest BCUT2D eigenvalue weighted by Crippen LogP contribution is -2.61. The van der Waals surface area contributed by atoms with Crippen LogP contribution < -0.4 is 5.32 Å². The molecule has 0 aromatic heterocycles. The molecule has 4 aliphatic rings. The average molecular weight is 548 g/mol. The fraction of sp³-hybridized carbons (Fsp3) is 0.742. The maximum absolute atomic E-state index is 13.7. The van der Waals surface area contributed by atoms with Crippen LogP contribution in [0.2, 0.25) is 5.02 Å². The van der Waals surface area contributed by atoms with E-state index in [0.29, 0.717) is 24.5 Å². The van der Waals surface area contributed by atoms with Crippen LogP contribution in [0.15, 0.2) is 18.2 Å². The van der Waals surface area contributed by atoms with Gasteiger partial charge in [0, 0.05) is 29.0 Å². The topological polar surface area (TPSA) is 84.9 Å². The minimum atomic E-state index is -0.724. The second-order valence-electron chi connectivity index (χ2n) is 14.1. The number of aryl methyl sites for hydroxylation is 1. The predicted octanol–water partition coefficient (Wildman–Crippen LogP) is 5.60. The predicted molar refractivity (Wildman–Crippen MR) is 149 cm³/mol. The highest BCUT2D eigenvalue weighted by atomic mass is 35.5. The van der Waals surface area contributed by atoms with E-state index in [9.17, 15) is 14.7 Å². The molecule has 3 atom stereocenters. The van der Waals surface area contributed by atoms with Crippen molar-refractivity contribution in [3.8, 4) is 0 Å². The molecule has 1 saturated heterocycles. The molecule has 4 fully saturated rings. The molecule has 0 radical (unpaired) electrons. The number of ether oxygens (including phenoxy) is 2. The highest BCUT2D eigenvalue weighted by Crippen LogP contribution is 2.62. The number of rotatable bonds is 8. The van der Waals surface area contributed by atoms with E-state index in [1.165, 1.54) is 7.11 Å². The lowest BCUT2D eigenvalue weighted by Gasteiger charge is -2.53. The third-order valence-electron chi connectivity index (χ3n) is 10.0. The monoisotopic (exact) mass is 547 g/mol. The molecule has 3 unspecified atom stereocenters. The Hall–Kier alpha value is -1.63. The van der Waals surface area contributed by atoms with Gasteiger partial charge in [0.2, 0.25) is 5.91 Å². The molecule has 3 aliphatic carbocycles. The summed E-state index contributed by atoms with van der Waals surface area (Å²) in [5.74, 6) is -0.430. The van der Waals surface area contributed by atoms with E-state index in [-0.39, 0.29) is 47.7 Å². The number of aliphatic hydroxyl groups is 1. The van der Waals surface area contributed by atoms with E-state index < -0.39 is 16.4 Å². The number of esters is 1. The Balaban J connectivity index is 1.62. The number of carbonyl (C=O) groups excluding carboxylic acids is 2. The van der Waals surface area contributed by atoms with Gasteiger partial charge < -0.3 is 19.9 Å². The first-order chi connectivity index (χ1) is 17.6. The van der Waals surface area contributed by atoms with E-state index in [1.54, 1.807) is 0 Å². The van der Waals surface area contributed by atoms with Gasteiger partial charge in [-0.25, -0.2) is 0 Å². The van der Waals surface area contributed by atoms with Crippen LogP contribution in [-0.2, 0) is 30.9 Å². The van der Waals surface area contributed by atoms with Gasteiger partial charge in [0.25, 0.3) is 0 Å². The van der Waals surface area contributed by atoms with E-state index in [0.717, 1.165) is 36.8 Å². The normalized spacial score (nSPS) is 33.9. The number of hydrogen-bond donors (Lipinski definition) is 2. The summed E-state index contributed by atoms with van der Waals surface area (Å²) in [6.45, 7) is 13.1. The number of nitrogens with one attached hydrogen (secondary N) is 1. The Kier molecular flexibility index (Phi) is 7.79. The molecule has 2 N–H and O–H groups in total. The second kappa shape index (κ2) is 10.1. The first-order valence-electron chi connectivity index (χ1n) is 14.0. The fourth-order valence-electron chi connectivity index (χ4n) is 7.32. The van der Waals surface area contributed by atoms with Gasteiger partial charge in [-0.05, 0) is 86.8 Å². The number of amides is 1. The number of carbonyl (C=O) groups is 2. The summed E-state index contributed by atoms with van der Waals surface area (Å²) in [5.41, 5.74) is 0.273. The van der Waals surface area contributed by atoms with Gasteiger partial charge in [0.15, 0.2) is 0 Å². The fourth-order valence-corrected chi connectivity index (χ4v) is 7.59. The highest BCUT2D eigenvalue weighted by Gasteiger charge is 2.66. The molecular weight excluding hydrogens is 502 g/mol. The van der Waals surface area contributed by atoms with Gasteiger partial charge in [-0.2, -0.15) is 0 Å². The number of fused-ring (bicyclic) bond motifs is 1. The third kappa shape index (κ3) is 5.25. The van der Waals surface area contributed by atoms with Crippen LogP contribution in [0.4, 0.5) is 0 Å². The molecule has 1 heterocycles. The van der Waals surface area contributed by atoms with Crippen molar-refractivity contribution >= 4 is 23.5 Å². The number of hydrogen-bond acceptors (Lipinski definition) is 5. The van der Waals surface area contributed by atoms with Gasteiger partial charge in [-0.3, -0.25) is 9.59 Å². The molecular formula is C31H46ClNO5. The summed E-state index contributed by atoms with van der Waals surface area (Å²) >= 11 is 6.84. The summed E-state index contributed by atoms with van der Waals surface area (Å²) in [6.07, 6.45) is 4.85. The average Bonchev–Trinajstić information content (AvgIpc) is 3.36. The summed E-state index contributed by atoms with van der Waals surface area (Å²) in [7, 11) is 1.43. The van der Waals surface area contributed by atoms with Gasteiger partial charge in [0.05, 0.1) is 24.7 Å². The zero-order valence-electron chi connectivity index (χ0n) is 24.2. The molecule has 1 amide bonds. The van der Waals surface area contributed by atoms with Crippen molar-refractivity contribution in [2.75, 3.05) is 20.3 Å². The van der Waals surface area contributed by atoms with Crippen LogP contribution in [-0.4, -0.2) is 48.4 Å². The molecule has 1 aromatic carbocycles. The number of aliphatic hydroxyl groups excluding tert-OH is 1. The molecule has 3 saturated carbocycles. The Morgan fingerprint density at radius 1 is 1.21 bits per heavy atom. The molecule has 2 bridgehead atoms. The third-order valence-corrected chi connectivity index (χ3v) is 10.4. The van der Waals surface area contributed by atoms with Crippen molar-refractivity contribution in [3.05, 3.63) is 34.3 Å². The van der Waals surface area contributed by atoms with Crippen molar-refractivity contribution in [2.45, 2.75) is 103 Å². The van der Waals surface area contributed by atoms with Crippen LogP contribution in [0.25, 0.3) is 0 Å². The van der Waals surface area contributed by atoms with Crippen molar-refractivity contribution in [1.29, 1.82) is 0 Å². The smallest absolute Gasteiger partial charge is 0.311 e. The number of benzene rings is 1. The summed E-state index contributed by atoms with van der Waals surface area (Å²) < 4.78 is 11.4.